The number of nitrogens with zero attached hydrogens (tertiary/aromatic N) is 2. The zero-order chi connectivity index (χ0) is 24.0. The van der Waals surface area contributed by atoms with E-state index in [-0.39, 0.29) is 11.3 Å². The molecule has 2 aromatic carbocycles. The number of rotatable bonds is 10. The number of carbonyl (C=O) groups is 2. The van der Waals surface area contributed by atoms with Gasteiger partial charge in [0.15, 0.2) is 0 Å². The summed E-state index contributed by atoms with van der Waals surface area (Å²) in [7, 11) is 1.53. The van der Waals surface area contributed by atoms with E-state index < -0.39 is 17.7 Å². The van der Waals surface area contributed by atoms with E-state index in [9.17, 15) is 14.7 Å². The molecule has 1 amide bonds. The van der Waals surface area contributed by atoms with Gasteiger partial charge in [0, 0.05) is 18.7 Å². The van der Waals surface area contributed by atoms with Crippen molar-refractivity contribution in [1.29, 1.82) is 0 Å². The normalized spacial score (nSPS) is 17.6. The predicted octanol–water partition coefficient (Wildman–Crippen LogP) is 3.86. The summed E-state index contributed by atoms with van der Waals surface area (Å²) in [5.74, 6) is -0.253. The highest BCUT2D eigenvalue weighted by Crippen LogP contribution is 2.40. The Morgan fingerprint density at radius 2 is 1.73 bits per heavy atom. The number of carbonyl (C=O) groups excluding carboxylic acids is 2. The number of Topliss-reactive ketones (excluding diaryl/α,β-unsaturated/α-hetero) is 1. The Hall–Kier alpha value is -3.32. The molecule has 0 aliphatic carbocycles. The number of likely N-dealkylation sites (tertiary alicyclic amines) is 1. The van der Waals surface area contributed by atoms with Crippen LogP contribution in [0.4, 0.5) is 0 Å². The first-order chi connectivity index (χ1) is 15.9. The average Bonchev–Trinajstić information content (AvgIpc) is 3.10. The summed E-state index contributed by atoms with van der Waals surface area (Å²) in [5, 5.41) is 11.2. The van der Waals surface area contributed by atoms with Crippen LogP contribution < -0.4 is 9.47 Å². The molecular weight excluding hydrogens is 420 g/mol. The number of likely N-dealkylation sites (N-methyl/N-ethyl adjacent to an activating group) is 1. The Balaban J connectivity index is 2.08. The van der Waals surface area contributed by atoms with Gasteiger partial charge in [0.1, 0.15) is 17.3 Å². The molecule has 0 saturated carbocycles. The lowest BCUT2D eigenvalue weighted by molar-refractivity contribution is -0.140. The number of hydrogen-bond donors (Lipinski definition) is 1. The average molecular weight is 453 g/mol. The van der Waals surface area contributed by atoms with E-state index in [0.717, 1.165) is 18.7 Å². The largest absolute Gasteiger partial charge is 0.507 e. The molecule has 3 rings (SSSR count). The fraction of sp³-hybridized carbons (Fsp3) is 0.385. The second-order valence-corrected chi connectivity index (χ2v) is 7.75. The molecule has 1 aliphatic rings. The fourth-order valence-electron chi connectivity index (χ4n) is 4.09. The van der Waals surface area contributed by atoms with Gasteiger partial charge in [-0.1, -0.05) is 38.1 Å². The van der Waals surface area contributed by atoms with E-state index in [1.54, 1.807) is 29.2 Å². The highest BCUT2D eigenvalue weighted by atomic mass is 16.5. The summed E-state index contributed by atoms with van der Waals surface area (Å²) < 4.78 is 10.8. The minimum atomic E-state index is -0.692. The third-order valence-electron chi connectivity index (χ3n) is 5.94. The molecule has 0 bridgehead atoms. The molecule has 1 saturated heterocycles. The van der Waals surface area contributed by atoms with Crippen LogP contribution in [0.5, 0.6) is 11.5 Å². The van der Waals surface area contributed by atoms with E-state index in [1.807, 2.05) is 31.2 Å². The van der Waals surface area contributed by atoms with Gasteiger partial charge in [-0.3, -0.25) is 9.59 Å². The highest BCUT2D eigenvalue weighted by molar-refractivity contribution is 6.46. The van der Waals surface area contributed by atoms with Gasteiger partial charge in [-0.25, -0.2) is 0 Å². The number of ether oxygens (including phenoxy) is 2. The molecule has 33 heavy (non-hydrogen) atoms. The maximum atomic E-state index is 13.1. The molecule has 1 heterocycles. The Labute approximate surface area is 195 Å². The molecule has 176 valence electrons. The van der Waals surface area contributed by atoms with Crippen LogP contribution in [0.2, 0.25) is 0 Å². The van der Waals surface area contributed by atoms with Crippen LogP contribution in [0.15, 0.2) is 54.1 Å². The van der Waals surface area contributed by atoms with Gasteiger partial charge in [0.25, 0.3) is 11.7 Å². The molecular formula is C26H32N2O5. The Morgan fingerprint density at radius 3 is 2.33 bits per heavy atom. The highest BCUT2D eigenvalue weighted by Gasteiger charge is 2.46. The van der Waals surface area contributed by atoms with Gasteiger partial charge >= 0.3 is 0 Å². The van der Waals surface area contributed by atoms with E-state index in [1.165, 1.54) is 7.11 Å². The predicted molar refractivity (Wildman–Crippen MR) is 127 cm³/mol. The van der Waals surface area contributed by atoms with Gasteiger partial charge in [-0.05, 0) is 49.8 Å². The zero-order valence-corrected chi connectivity index (χ0v) is 19.7. The number of aliphatic hydroxyl groups is 1. The molecule has 7 nitrogen and oxygen atoms in total. The quantitative estimate of drug-likeness (QED) is 0.335. The van der Waals surface area contributed by atoms with Crippen LogP contribution >= 0.6 is 0 Å². The van der Waals surface area contributed by atoms with Crippen LogP contribution in [0, 0.1) is 0 Å². The third kappa shape index (κ3) is 5.20. The van der Waals surface area contributed by atoms with Gasteiger partial charge in [0.05, 0.1) is 25.3 Å². The standard InChI is InChI=1S/C26H32N2O5/c1-5-27(6-2)15-16-28-23(18-11-13-20(14-12-18)33-7-3)22(25(30)26(28)31)24(29)19-9-8-10-21(17-19)32-4/h8-14,17,23,29H,5-7,15-16H2,1-4H3/b24-22+. The molecule has 0 radical (unpaired) electrons. The third-order valence-corrected chi connectivity index (χ3v) is 5.94. The summed E-state index contributed by atoms with van der Waals surface area (Å²) in [6, 6.07) is 13.4. The number of aliphatic hydroxyl groups excluding tert-OH is 1. The number of benzene rings is 2. The SMILES string of the molecule is CCOc1ccc(C2/C(=C(\O)c3cccc(OC)c3)C(=O)C(=O)N2CCN(CC)CC)cc1. The van der Waals surface area contributed by atoms with Crippen LogP contribution in [-0.2, 0) is 9.59 Å². The van der Waals surface area contributed by atoms with Crippen molar-refractivity contribution >= 4 is 17.4 Å². The lowest BCUT2D eigenvalue weighted by atomic mass is 9.95. The van der Waals surface area contributed by atoms with Crippen molar-refractivity contribution < 1.29 is 24.2 Å². The smallest absolute Gasteiger partial charge is 0.295 e. The van der Waals surface area contributed by atoms with Crippen molar-refractivity contribution in [2.45, 2.75) is 26.8 Å². The fourth-order valence-corrected chi connectivity index (χ4v) is 4.09. The number of hydrogen-bond acceptors (Lipinski definition) is 6. The first-order valence-corrected chi connectivity index (χ1v) is 11.3. The van der Waals surface area contributed by atoms with Crippen molar-refractivity contribution in [3.05, 3.63) is 65.2 Å². The van der Waals surface area contributed by atoms with Crippen LogP contribution in [0.1, 0.15) is 37.9 Å². The van der Waals surface area contributed by atoms with E-state index >= 15 is 0 Å². The number of amides is 1. The molecule has 0 aromatic heterocycles. The lowest BCUT2D eigenvalue weighted by Crippen LogP contribution is -2.38. The molecule has 7 heteroatoms. The maximum absolute atomic E-state index is 13.1. The van der Waals surface area contributed by atoms with Crippen LogP contribution in [-0.4, -0.2) is 66.5 Å². The minimum absolute atomic E-state index is 0.0805. The Kier molecular flexibility index (Phi) is 8.11. The summed E-state index contributed by atoms with van der Waals surface area (Å²) in [6.07, 6.45) is 0. The monoisotopic (exact) mass is 452 g/mol. The first kappa shape index (κ1) is 24.3. The number of ketones is 1. The summed E-state index contributed by atoms with van der Waals surface area (Å²) in [6.45, 7) is 9.26. The van der Waals surface area contributed by atoms with Crippen molar-refractivity contribution in [3.8, 4) is 11.5 Å². The van der Waals surface area contributed by atoms with E-state index in [2.05, 4.69) is 18.7 Å². The molecule has 1 N–H and O–H groups in total. The van der Waals surface area contributed by atoms with E-state index in [0.29, 0.717) is 36.8 Å². The van der Waals surface area contributed by atoms with Crippen LogP contribution in [0.25, 0.3) is 5.76 Å². The molecule has 0 spiro atoms. The van der Waals surface area contributed by atoms with Gasteiger partial charge in [-0.15, -0.1) is 0 Å². The first-order valence-electron chi connectivity index (χ1n) is 11.3. The van der Waals surface area contributed by atoms with Gasteiger partial charge in [-0.2, -0.15) is 0 Å². The molecule has 1 unspecified atom stereocenters. The zero-order valence-electron chi connectivity index (χ0n) is 19.7. The minimum Gasteiger partial charge on any atom is -0.507 e. The second-order valence-electron chi connectivity index (χ2n) is 7.75. The summed E-state index contributed by atoms with van der Waals surface area (Å²) >= 11 is 0. The maximum Gasteiger partial charge on any atom is 0.295 e. The Bertz CT molecular complexity index is 1010. The Morgan fingerprint density at radius 1 is 1.03 bits per heavy atom. The summed E-state index contributed by atoms with van der Waals surface area (Å²) in [5.41, 5.74) is 1.24. The molecule has 1 atom stereocenters. The van der Waals surface area contributed by atoms with Gasteiger partial charge < -0.3 is 24.4 Å². The molecule has 1 aliphatic heterocycles. The summed E-state index contributed by atoms with van der Waals surface area (Å²) in [4.78, 5) is 30.0. The number of methoxy groups -OCH3 is 1. The molecule has 1 fully saturated rings. The van der Waals surface area contributed by atoms with Crippen molar-refractivity contribution in [2.75, 3.05) is 39.9 Å². The topological polar surface area (TPSA) is 79.3 Å². The van der Waals surface area contributed by atoms with E-state index in [4.69, 9.17) is 9.47 Å². The van der Waals surface area contributed by atoms with Crippen LogP contribution in [0.3, 0.4) is 0 Å². The second kappa shape index (κ2) is 11.0. The lowest BCUT2D eigenvalue weighted by Gasteiger charge is -2.28. The molecule has 2 aromatic rings. The van der Waals surface area contributed by atoms with Crippen molar-refractivity contribution in [2.24, 2.45) is 0 Å². The van der Waals surface area contributed by atoms with Crippen molar-refractivity contribution in [1.82, 2.24) is 9.80 Å². The van der Waals surface area contributed by atoms with Crippen molar-refractivity contribution in [3.63, 3.8) is 0 Å². The van der Waals surface area contributed by atoms with Gasteiger partial charge in [0.2, 0.25) is 0 Å².